The van der Waals surface area contributed by atoms with Crippen LogP contribution < -0.4 is 9.47 Å². The van der Waals surface area contributed by atoms with Gasteiger partial charge < -0.3 is 14.6 Å². The monoisotopic (exact) mass is 360 g/mol. The zero-order valence-corrected chi connectivity index (χ0v) is 17.4. The van der Waals surface area contributed by atoms with Crippen LogP contribution in [0.1, 0.15) is 65.4 Å². The van der Waals surface area contributed by atoms with E-state index in [0.29, 0.717) is 11.8 Å². The molecule has 3 rings (SSSR count). The van der Waals surface area contributed by atoms with Crippen LogP contribution in [-0.2, 0) is 6.42 Å². The van der Waals surface area contributed by atoms with Gasteiger partial charge in [-0.1, -0.05) is 27.2 Å². The Labute approximate surface area is 159 Å². The highest BCUT2D eigenvalue weighted by atomic mass is 16.5. The van der Waals surface area contributed by atoms with Crippen LogP contribution in [0.25, 0.3) is 0 Å². The number of aliphatic hydroxyl groups is 1. The summed E-state index contributed by atoms with van der Waals surface area (Å²) in [4.78, 5) is 0. The van der Waals surface area contributed by atoms with Crippen LogP contribution in [0.2, 0.25) is 0 Å². The van der Waals surface area contributed by atoms with Gasteiger partial charge in [0.25, 0.3) is 0 Å². The first-order valence-electron chi connectivity index (χ1n) is 10.1. The molecule has 1 N–H and O–H groups in total. The summed E-state index contributed by atoms with van der Waals surface area (Å²) in [6.07, 6.45) is 6.50. The van der Waals surface area contributed by atoms with Gasteiger partial charge in [-0.3, -0.25) is 0 Å². The van der Waals surface area contributed by atoms with E-state index in [9.17, 15) is 5.11 Å². The summed E-state index contributed by atoms with van der Waals surface area (Å²) in [6, 6.07) is 6.11. The summed E-state index contributed by atoms with van der Waals surface area (Å²) < 4.78 is 11.1. The summed E-state index contributed by atoms with van der Waals surface area (Å²) in [7, 11) is 3.46. The fourth-order valence-electron chi connectivity index (χ4n) is 6.05. The highest BCUT2D eigenvalue weighted by molar-refractivity contribution is 5.41. The number of ether oxygens (including phenoxy) is 2. The average Bonchev–Trinajstić information content (AvgIpc) is 2.60. The molecule has 0 unspecified atom stereocenters. The Morgan fingerprint density at radius 2 is 1.81 bits per heavy atom. The van der Waals surface area contributed by atoms with Crippen molar-refractivity contribution in [2.24, 2.45) is 22.7 Å². The number of methoxy groups -OCH3 is 2. The van der Waals surface area contributed by atoms with Crippen molar-refractivity contribution in [1.29, 1.82) is 0 Å². The third-order valence-corrected chi connectivity index (χ3v) is 8.23. The molecule has 2 aliphatic carbocycles. The van der Waals surface area contributed by atoms with Crippen molar-refractivity contribution in [1.82, 2.24) is 0 Å². The summed E-state index contributed by atoms with van der Waals surface area (Å²) in [5, 5.41) is 11.3. The Kier molecular flexibility index (Phi) is 5.07. The number of benzene rings is 1. The summed E-state index contributed by atoms with van der Waals surface area (Å²) in [6.45, 7) is 9.25. The molecule has 146 valence electrons. The minimum absolute atomic E-state index is 0.0153. The molecule has 1 aromatic rings. The first kappa shape index (κ1) is 19.5. The molecule has 3 nitrogen and oxygen atoms in total. The Morgan fingerprint density at radius 1 is 1.08 bits per heavy atom. The van der Waals surface area contributed by atoms with E-state index in [1.54, 1.807) is 14.2 Å². The molecule has 0 aliphatic heterocycles. The van der Waals surface area contributed by atoms with Crippen LogP contribution in [-0.4, -0.2) is 24.9 Å². The van der Waals surface area contributed by atoms with E-state index in [1.165, 1.54) is 18.4 Å². The molecule has 0 amide bonds. The number of fused-ring (bicyclic) bond motifs is 1. The zero-order chi connectivity index (χ0) is 19.2. The molecule has 26 heavy (non-hydrogen) atoms. The van der Waals surface area contributed by atoms with Gasteiger partial charge in [0.2, 0.25) is 0 Å². The van der Waals surface area contributed by atoms with Gasteiger partial charge in [0.05, 0.1) is 19.8 Å². The van der Waals surface area contributed by atoms with Crippen LogP contribution in [0.3, 0.4) is 0 Å². The Bertz CT molecular complexity index is 653. The fraction of sp³-hybridized carbons (Fsp3) is 0.739. The van der Waals surface area contributed by atoms with E-state index < -0.39 is 5.60 Å². The van der Waals surface area contributed by atoms with Crippen LogP contribution in [0.15, 0.2) is 18.2 Å². The van der Waals surface area contributed by atoms with Gasteiger partial charge in [-0.25, -0.2) is 0 Å². The van der Waals surface area contributed by atoms with Crippen molar-refractivity contribution in [3.8, 4) is 11.5 Å². The molecule has 2 fully saturated rings. The minimum atomic E-state index is -0.574. The van der Waals surface area contributed by atoms with Crippen molar-refractivity contribution >= 4 is 0 Å². The first-order valence-corrected chi connectivity index (χ1v) is 10.1. The summed E-state index contributed by atoms with van der Waals surface area (Å²) in [5.41, 5.74) is 0.765. The zero-order valence-electron chi connectivity index (χ0n) is 17.4. The molecular formula is C23H36O3. The predicted octanol–water partition coefficient (Wildman–Crippen LogP) is 5.24. The van der Waals surface area contributed by atoms with Gasteiger partial charge in [0, 0.05) is 0 Å². The molecule has 0 heterocycles. The van der Waals surface area contributed by atoms with Crippen LogP contribution in [0.4, 0.5) is 0 Å². The largest absolute Gasteiger partial charge is 0.497 e. The summed E-state index contributed by atoms with van der Waals surface area (Å²) in [5.74, 6) is 2.95. The SMILES string of the molecule is COc1ccc(OC)c(C[C@]2(C)[C@@H](C)CC[C@@]3(C)[C@H]2CCC[C@@]3(C)O)c1. The van der Waals surface area contributed by atoms with Gasteiger partial charge in [-0.05, 0) is 85.5 Å². The van der Waals surface area contributed by atoms with Crippen LogP contribution in [0.5, 0.6) is 11.5 Å². The lowest BCUT2D eigenvalue weighted by molar-refractivity contribution is -0.190. The second-order valence-electron chi connectivity index (χ2n) is 9.44. The van der Waals surface area contributed by atoms with Crippen molar-refractivity contribution in [2.75, 3.05) is 14.2 Å². The van der Waals surface area contributed by atoms with Crippen molar-refractivity contribution in [3.05, 3.63) is 23.8 Å². The molecule has 0 aromatic heterocycles. The molecule has 1 aromatic carbocycles. The Balaban J connectivity index is 2.02. The topological polar surface area (TPSA) is 38.7 Å². The molecule has 2 aliphatic rings. The van der Waals surface area contributed by atoms with E-state index in [1.807, 2.05) is 12.1 Å². The fourth-order valence-corrected chi connectivity index (χ4v) is 6.05. The maximum absolute atomic E-state index is 11.3. The molecule has 5 atom stereocenters. The molecule has 0 spiro atoms. The minimum Gasteiger partial charge on any atom is -0.497 e. The molecule has 2 saturated carbocycles. The van der Waals surface area contributed by atoms with Crippen molar-refractivity contribution in [2.45, 2.75) is 71.8 Å². The molecular weight excluding hydrogens is 324 g/mol. The Morgan fingerprint density at radius 3 is 2.46 bits per heavy atom. The predicted molar refractivity (Wildman–Crippen MR) is 106 cm³/mol. The number of hydrogen-bond donors (Lipinski definition) is 1. The van der Waals surface area contributed by atoms with Crippen LogP contribution >= 0.6 is 0 Å². The third kappa shape index (κ3) is 2.93. The van der Waals surface area contributed by atoms with E-state index in [4.69, 9.17) is 9.47 Å². The second-order valence-corrected chi connectivity index (χ2v) is 9.44. The maximum atomic E-state index is 11.3. The molecule has 0 saturated heterocycles. The number of rotatable bonds is 4. The normalized spacial score (nSPS) is 40.0. The molecule has 0 bridgehead atoms. The van der Waals surface area contributed by atoms with Gasteiger partial charge >= 0.3 is 0 Å². The standard InChI is InChI=1S/C23H36O3/c1-16-11-13-22(3)20(8-7-12-23(22,4)24)21(16,2)15-17-14-18(25-5)9-10-19(17)26-6/h9-10,14,16,20,24H,7-8,11-13,15H2,1-6H3/t16-,20-,21+,22-,23+/m0/s1. The maximum Gasteiger partial charge on any atom is 0.122 e. The van der Waals surface area contributed by atoms with E-state index >= 15 is 0 Å². The lowest BCUT2D eigenvalue weighted by Crippen LogP contribution is -2.60. The van der Waals surface area contributed by atoms with Gasteiger partial charge in [-0.15, -0.1) is 0 Å². The van der Waals surface area contributed by atoms with E-state index in [-0.39, 0.29) is 10.8 Å². The van der Waals surface area contributed by atoms with Gasteiger partial charge in [0.1, 0.15) is 11.5 Å². The smallest absolute Gasteiger partial charge is 0.122 e. The van der Waals surface area contributed by atoms with E-state index in [2.05, 4.69) is 33.8 Å². The van der Waals surface area contributed by atoms with Gasteiger partial charge in [-0.2, -0.15) is 0 Å². The third-order valence-electron chi connectivity index (χ3n) is 8.23. The summed E-state index contributed by atoms with van der Waals surface area (Å²) >= 11 is 0. The van der Waals surface area contributed by atoms with Gasteiger partial charge in [0.15, 0.2) is 0 Å². The molecule has 0 radical (unpaired) electrons. The highest BCUT2D eigenvalue weighted by Crippen LogP contribution is 2.63. The van der Waals surface area contributed by atoms with E-state index in [0.717, 1.165) is 37.2 Å². The van der Waals surface area contributed by atoms with Crippen molar-refractivity contribution < 1.29 is 14.6 Å². The first-order chi connectivity index (χ1) is 12.2. The Hall–Kier alpha value is -1.22. The van der Waals surface area contributed by atoms with Crippen LogP contribution in [0, 0.1) is 22.7 Å². The number of hydrogen-bond acceptors (Lipinski definition) is 3. The lowest BCUT2D eigenvalue weighted by Gasteiger charge is -2.63. The second kappa shape index (κ2) is 6.74. The highest BCUT2D eigenvalue weighted by Gasteiger charge is 2.59. The average molecular weight is 361 g/mol. The molecule has 3 heteroatoms. The lowest BCUT2D eigenvalue weighted by atomic mass is 9.43. The quantitative estimate of drug-likeness (QED) is 0.798. The van der Waals surface area contributed by atoms with Crippen molar-refractivity contribution in [3.63, 3.8) is 0 Å².